The number of alkyl carbamates (subject to hydrolysis) is 1. The number of carbonyl (C=O) groups is 2. The first-order valence-electron chi connectivity index (χ1n) is 14.7. The van der Waals surface area contributed by atoms with E-state index in [0.29, 0.717) is 22.3 Å². The molecule has 2 atom stereocenters. The van der Waals surface area contributed by atoms with Gasteiger partial charge in [0.1, 0.15) is 16.7 Å². The third kappa shape index (κ3) is 7.21. The number of rotatable bonds is 3. The van der Waals surface area contributed by atoms with E-state index >= 15 is 0 Å². The maximum atomic E-state index is 13.6. The molecule has 3 aromatic rings. The summed E-state index contributed by atoms with van der Waals surface area (Å²) in [5.41, 5.74) is 2.80. The first-order chi connectivity index (χ1) is 20.4. The first kappa shape index (κ1) is 30.6. The summed E-state index contributed by atoms with van der Waals surface area (Å²) in [4.78, 5) is 42.3. The Labute approximate surface area is 258 Å². The van der Waals surface area contributed by atoms with E-state index in [2.05, 4.69) is 54.9 Å². The molecule has 0 spiro atoms. The SMILES string of the molecule is COC(=O)NCc1cccc(C2CCC3CN(c4nc(C(C)(C)C)ccc4C(=O)NSc4cccc(n4)N2)C(C)(C)C3)n1. The van der Waals surface area contributed by atoms with Gasteiger partial charge in [0.05, 0.1) is 36.6 Å². The molecule has 0 aromatic carbocycles. The molecule has 228 valence electrons. The van der Waals surface area contributed by atoms with Gasteiger partial charge in [-0.3, -0.25) is 14.5 Å². The number of amides is 2. The van der Waals surface area contributed by atoms with Gasteiger partial charge in [0, 0.05) is 35.1 Å². The van der Waals surface area contributed by atoms with Crippen molar-refractivity contribution in [3.8, 4) is 0 Å². The van der Waals surface area contributed by atoms with Crippen LogP contribution in [0.3, 0.4) is 0 Å². The third-order valence-electron chi connectivity index (χ3n) is 8.05. The summed E-state index contributed by atoms with van der Waals surface area (Å²) in [6, 6.07) is 15.3. The second-order valence-electron chi connectivity index (χ2n) is 12.9. The van der Waals surface area contributed by atoms with Crippen LogP contribution < -0.4 is 20.3 Å². The van der Waals surface area contributed by atoms with E-state index in [0.717, 1.165) is 48.7 Å². The summed E-state index contributed by atoms with van der Waals surface area (Å²) >= 11 is 1.19. The highest BCUT2D eigenvalue weighted by atomic mass is 32.2. The molecule has 3 aromatic heterocycles. The Balaban J connectivity index is 1.50. The van der Waals surface area contributed by atoms with Crippen molar-refractivity contribution >= 4 is 35.6 Å². The van der Waals surface area contributed by atoms with Crippen molar-refractivity contribution in [2.75, 3.05) is 23.9 Å². The van der Waals surface area contributed by atoms with Crippen molar-refractivity contribution in [1.82, 2.24) is 25.0 Å². The summed E-state index contributed by atoms with van der Waals surface area (Å²) in [6.45, 7) is 12.0. The fraction of sp³-hybridized carbons (Fsp3) is 0.469. The zero-order valence-electron chi connectivity index (χ0n) is 25.7. The molecule has 1 fully saturated rings. The number of carbonyl (C=O) groups excluding carboxylic acids is 2. The standard InChI is InChI=1S/C32H41N7O3S/c1-31(2,3)25-16-14-22-28(36-25)39-19-20(17-32(39,4)5)13-15-24(23-10-7-9-21(34-23)18-33-30(41)42-6)35-26-11-8-12-27(37-26)43-38-29(22)40/h7-12,14,16,20,24H,13,15,17-19H2,1-6H3,(H,33,41)(H,35,37)(H,38,40). The number of pyridine rings is 3. The highest BCUT2D eigenvalue weighted by Crippen LogP contribution is 2.41. The molecule has 0 radical (unpaired) electrons. The van der Waals surface area contributed by atoms with E-state index in [4.69, 9.17) is 19.7 Å². The van der Waals surface area contributed by atoms with Crippen molar-refractivity contribution in [3.63, 3.8) is 0 Å². The molecule has 2 aliphatic rings. The van der Waals surface area contributed by atoms with Gasteiger partial charge in [0.2, 0.25) is 0 Å². The van der Waals surface area contributed by atoms with Gasteiger partial charge >= 0.3 is 6.09 Å². The molecule has 0 aliphatic carbocycles. The Kier molecular flexibility index (Phi) is 8.82. The number of fused-ring (bicyclic) bond motifs is 6. The average molecular weight is 604 g/mol. The normalized spacial score (nSPS) is 20.1. The molecular weight excluding hydrogens is 562 g/mol. The lowest BCUT2D eigenvalue weighted by atomic mass is 9.90. The Morgan fingerprint density at radius 3 is 2.65 bits per heavy atom. The summed E-state index contributed by atoms with van der Waals surface area (Å²) in [5.74, 6) is 1.63. The van der Waals surface area contributed by atoms with Crippen LogP contribution in [0.25, 0.3) is 0 Å². The number of aromatic nitrogens is 3. The minimum Gasteiger partial charge on any atom is -0.453 e. The van der Waals surface area contributed by atoms with Gasteiger partial charge in [-0.15, -0.1) is 0 Å². The van der Waals surface area contributed by atoms with Crippen LogP contribution in [0.5, 0.6) is 0 Å². The Hall–Kier alpha value is -3.86. The fourth-order valence-electron chi connectivity index (χ4n) is 5.81. The van der Waals surface area contributed by atoms with Gasteiger partial charge in [-0.05, 0) is 75.4 Å². The van der Waals surface area contributed by atoms with E-state index in [-0.39, 0.29) is 29.4 Å². The van der Waals surface area contributed by atoms with Gasteiger partial charge < -0.3 is 20.3 Å². The lowest BCUT2D eigenvalue weighted by Gasteiger charge is -2.34. The molecular formula is C32H41N7O3S. The number of hydrogen-bond donors (Lipinski definition) is 3. The van der Waals surface area contributed by atoms with Crippen LogP contribution in [-0.2, 0) is 16.7 Å². The second-order valence-corrected chi connectivity index (χ2v) is 13.7. The van der Waals surface area contributed by atoms with Crippen LogP contribution in [0.4, 0.5) is 16.4 Å². The molecule has 2 amide bonds. The second kappa shape index (κ2) is 12.4. The number of hydrogen-bond acceptors (Lipinski definition) is 9. The van der Waals surface area contributed by atoms with E-state index in [1.807, 2.05) is 48.5 Å². The molecule has 3 N–H and O–H groups in total. The average Bonchev–Trinajstić information content (AvgIpc) is 3.29. The van der Waals surface area contributed by atoms with Gasteiger partial charge in [0.25, 0.3) is 5.91 Å². The molecule has 1 saturated heterocycles. The summed E-state index contributed by atoms with van der Waals surface area (Å²) in [7, 11) is 1.34. The van der Waals surface area contributed by atoms with Crippen LogP contribution in [0.15, 0.2) is 53.6 Å². The maximum Gasteiger partial charge on any atom is 0.407 e. The van der Waals surface area contributed by atoms with E-state index < -0.39 is 6.09 Å². The zero-order valence-corrected chi connectivity index (χ0v) is 26.5. The van der Waals surface area contributed by atoms with Crippen LogP contribution >= 0.6 is 11.9 Å². The van der Waals surface area contributed by atoms with Crippen molar-refractivity contribution in [2.24, 2.45) is 5.92 Å². The zero-order chi connectivity index (χ0) is 30.8. The topological polar surface area (TPSA) is 121 Å². The molecule has 5 rings (SSSR count). The smallest absolute Gasteiger partial charge is 0.407 e. The van der Waals surface area contributed by atoms with E-state index in [9.17, 15) is 9.59 Å². The predicted molar refractivity (Wildman–Crippen MR) is 169 cm³/mol. The monoisotopic (exact) mass is 603 g/mol. The van der Waals surface area contributed by atoms with Gasteiger partial charge in [-0.25, -0.2) is 14.8 Å². The number of methoxy groups -OCH3 is 1. The van der Waals surface area contributed by atoms with E-state index in [1.165, 1.54) is 19.1 Å². The van der Waals surface area contributed by atoms with Gasteiger partial charge in [-0.1, -0.05) is 32.9 Å². The Morgan fingerprint density at radius 1 is 1.09 bits per heavy atom. The highest BCUT2D eigenvalue weighted by molar-refractivity contribution is 7.97. The van der Waals surface area contributed by atoms with Crippen molar-refractivity contribution < 1.29 is 14.3 Å². The van der Waals surface area contributed by atoms with Crippen LogP contribution in [0.2, 0.25) is 0 Å². The lowest BCUT2D eigenvalue weighted by Crippen LogP contribution is -2.40. The van der Waals surface area contributed by atoms with Crippen LogP contribution in [0.1, 0.15) is 87.4 Å². The molecule has 4 bridgehead atoms. The first-order valence-corrected chi connectivity index (χ1v) is 15.5. The lowest BCUT2D eigenvalue weighted by molar-refractivity contribution is 0.0984. The highest BCUT2D eigenvalue weighted by Gasteiger charge is 2.41. The third-order valence-corrected chi connectivity index (χ3v) is 8.77. The maximum absolute atomic E-state index is 13.6. The number of anilines is 2. The van der Waals surface area contributed by atoms with Crippen LogP contribution in [-0.4, -0.2) is 46.1 Å². The molecule has 0 saturated carbocycles. The van der Waals surface area contributed by atoms with Crippen molar-refractivity contribution in [2.45, 2.75) is 82.4 Å². The largest absolute Gasteiger partial charge is 0.453 e. The molecule has 43 heavy (non-hydrogen) atoms. The molecule has 5 heterocycles. The van der Waals surface area contributed by atoms with E-state index in [1.54, 1.807) is 0 Å². The molecule has 10 nitrogen and oxygen atoms in total. The Bertz CT molecular complexity index is 1490. The van der Waals surface area contributed by atoms with Crippen molar-refractivity contribution in [1.29, 1.82) is 0 Å². The number of ether oxygens (including phenoxy) is 1. The number of nitrogens with one attached hydrogen (secondary N) is 3. The van der Waals surface area contributed by atoms with Crippen molar-refractivity contribution in [3.05, 3.63) is 71.2 Å². The summed E-state index contributed by atoms with van der Waals surface area (Å²) in [5, 5.41) is 6.98. The number of nitrogens with zero attached hydrogens (tertiary/aromatic N) is 4. The quantitative estimate of drug-likeness (QED) is 0.309. The van der Waals surface area contributed by atoms with Crippen LogP contribution in [0, 0.1) is 5.92 Å². The predicted octanol–water partition coefficient (Wildman–Crippen LogP) is 6.01. The molecule has 2 unspecified atom stereocenters. The fourth-order valence-corrected chi connectivity index (χ4v) is 6.41. The Morgan fingerprint density at radius 2 is 1.88 bits per heavy atom. The molecule has 2 aliphatic heterocycles. The summed E-state index contributed by atoms with van der Waals surface area (Å²) in [6.07, 6.45) is 2.25. The molecule has 11 heteroatoms. The minimum absolute atomic E-state index is 0.111. The van der Waals surface area contributed by atoms with Gasteiger partial charge in [-0.2, -0.15) is 0 Å². The minimum atomic E-state index is -0.496. The summed E-state index contributed by atoms with van der Waals surface area (Å²) < 4.78 is 7.71. The van der Waals surface area contributed by atoms with Gasteiger partial charge in [0.15, 0.2) is 0 Å².